The normalized spacial score (nSPS) is 12.0. The van der Waals surface area contributed by atoms with Crippen molar-refractivity contribution < 1.29 is 28.5 Å². The number of methoxy groups -OCH3 is 2. The average molecular weight is 532 g/mol. The summed E-state index contributed by atoms with van der Waals surface area (Å²) in [6, 6.07) is 18.2. The van der Waals surface area contributed by atoms with Crippen molar-refractivity contribution >= 4 is 23.1 Å². The van der Waals surface area contributed by atoms with E-state index in [4.69, 9.17) is 18.9 Å². The van der Waals surface area contributed by atoms with Gasteiger partial charge in [0.05, 0.1) is 19.6 Å². The van der Waals surface area contributed by atoms with Gasteiger partial charge >= 0.3 is 12.1 Å². The Morgan fingerprint density at radius 3 is 2.23 bits per heavy atom. The number of esters is 1. The van der Waals surface area contributed by atoms with Crippen LogP contribution in [0, 0.1) is 0 Å². The highest BCUT2D eigenvalue weighted by atomic mass is 16.6. The van der Waals surface area contributed by atoms with E-state index in [1.807, 2.05) is 66.9 Å². The van der Waals surface area contributed by atoms with Gasteiger partial charge in [0.15, 0.2) is 0 Å². The number of rotatable bonds is 9. The zero-order valence-electron chi connectivity index (χ0n) is 22.8. The molecule has 2 aromatic heterocycles. The maximum Gasteiger partial charge on any atom is 0.408 e. The number of amides is 1. The highest BCUT2D eigenvalue weighted by Gasteiger charge is 2.25. The van der Waals surface area contributed by atoms with Crippen LogP contribution in [0.3, 0.4) is 0 Å². The first-order chi connectivity index (χ1) is 18.6. The van der Waals surface area contributed by atoms with Gasteiger partial charge in [-0.25, -0.2) is 14.6 Å². The molecular formula is C30H33N3O6. The molecule has 4 rings (SSSR count). The number of carbonyl (C=O) groups excluding carboxylic acids is 2. The molecule has 0 radical (unpaired) electrons. The molecule has 0 bridgehead atoms. The lowest BCUT2D eigenvalue weighted by atomic mass is 10.1. The molecule has 0 aliphatic rings. The largest absolute Gasteiger partial charge is 0.497 e. The Balaban J connectivity index is 1.45. The van der Waals surface area contributed by atoms with Crippen molar-refractivity contribution in [1.29, 1.82) is 0 Å². The Kier molecular flexibility index (Phi) is 8.39. The van der Waals surface area contributed by atoms with Crippen molar-refractivity contribution in [1.82, 2.24) is 14.9 Å². The quantitative estimate of drug-likeness (QED) is 0.285. The highest BCUT2D eigenvalue weighted by Crippen LogP contribution is 2.30. The van der Waals surface area contributed by atoms with Gasteiger partial charge in [-0.15, -0.1) is 0 Å². The number of hydrogen-bond acceptors (Lipinski definition) is 7. The van der Waals surface area contributed by atoms with Crippen LogP contribution < -0.4 is 14.8 Å². The SMILES string of the molecule is COC(=O)C(Cc1ccc(Oc2ccnc3c2ccn3Cc2ccc(OC)cc2)cc1)NC(=O)OC(C)(C)C. The van der Waals surface area contributed by atoms with Crippen LogP contribution >= 0.6 is 0 Å². The molecule has 1 amide bonds. The maximum absolute atomic E-state index is 12.3. The molecule has 0 aliphatic heterocycles. The third-order valence-corrected chi connectivity index (χ3v) is 5.90. The van der Waals surface area contributed by atoms with Gasteiger partial charge in [-0.2, -0.15) is 0 Å². The first kappa shape index (κ1) is 27.5. The first-order valence-electron chi connectivity index (χ1n) is 12.6. The third-order valence-electron chi connectivity index (χ3n) is 5.90. The van der Waals surface area contributed by atoms with Crippen molar-refractivity contribution in [2.75, 3.05) is 14.2 Å². The Hall–Kier alpha value is -4.53. The molecule has 0 spiro atoms. The lowest BCUT2D eigenvalue weighted by molar-refractivity contribution is -0.143. The Bertz CT molecular complexity index is 1420. The molecule has 1 N–H and O–H groups in total. The molecule has 4 aromatic rings. The number of nitrogens with one attached hydrogen (secondary N) is 1. The summed E-state index contributed by atoms with van der Waals surface area (Å²) in [6.07, 6.45) is 3.26. The van der Waals surface area contributed by atoms with Gasteiger partial charge in [0, 0.05) is 25.4 Å². The molecule has 204 valence electrons. The summed E-state index contributed by atoms with van der Waals surface area (Å²) in [5.74, 6) is 1.57. The fourth-order valence-electron chi connectivity index (χ4n) is 4.05. The number of benzene rings is 2. The molecular weight excluding hydrogens is 498 g/mol. The van der Waals surface area contributed by atoms with Crippen LogP contribution in [-0.4, -0.2) is 47.5 Å². The second-order valence-electron chi connectivity index (χ2n) is 10.0. The number of pyridine rings is 1. The molecule has 1 unspecified atom stereocenters. The van der Waals surface area contributed by atoms with Crippen LogP contribution in [0.25, 0.3) is 11.0 Å². The first-order valence-corrected chi connectivity index (χ1v) is 12.6. The van der Waals surface area contributed by atoms with Crippen molar-refractivity contribution in [3.63, 3.8) is 0 Å². The van der Waals surface area contributed by atoms with Crippen LogP contribution in [0.5, 0.6) is 17.2 Å². The zero-order chi connectivity index (χ0) is 28.0. The third kappa shape index (κ3) is 7.28. The fourth-order valence-corrected chi connectivity index (χ4v) is 4.05. The molecule has 2 aromatic carbocycles. The Morgan fingerprint density at radius 2 is 1.59 bits per heavy atom. The standard InChI is InChI=1S/C30H33N3O6/c1-30(2,3)39-29(35)32-25(28(34)37-5)18-20-6-12-23(13-7-20)38-26-14-16-31-27-24(26)15-17-33(27)19-21-8-10-22(36-4)11-9-21/h6-17,25H,18-19H2,1-5H3,(H,32,35). The monoisotopic (exact) mass is 531 g/mol. The molecule has 0 aliphatic carbocycles. The lowest BCUT2D eigenvalue weighted by Crippen LogP contribution is -2.45. The lowest BCUT2D eigenvalue weighted by Gasteiger charge is -2.22. The van der Waals surface area contributed by atoms with E-state index in [2.05, 4.69) is 14.9 Å². The molecule has 0 saturated carbocycles. The minimum absolute atomic E-state index is 0.236. The van der Waals surface area contributed by atoms with Gasteiger partial charge in [0.25, 0.3) is 0 Å². The average Bonchev–Trinajstić information content (AvgIpc) is 3.32. The number of hydrogen-bond donors (Lipinski definition) is 1. The molecule has 1 atom stereocenters. The minimum atomic E-state index is -0.887. The van der Waals surface area contributed by atoms with Gasteiger partial charge in [0.1, 0.15) is 34.5 Å². The highest BCUT2D eigenvalue weighted by molar-refractivity contribution is 5.83. The Morgan fingerprint density at radius 1 is 0.923 bits per heavy atom. The fraction of sp³-hybridized carbons (Fsp3) is 0.300. The van der Waals surface area contributed by atoms with E-state index < -0.39 is 23.7 Å². The molecule has 39 heavy (non-hydrogen) atoms. The van der Waals surface area contributed by atoms with Crippen LogP contribution in [0.2, 0.25) is 0 Å². The van der Waals surface area contributed by atoms with E-state index in [1.54, 1.807) is 34.1 Å². The van der Waals surface area contributed by atoms with Crippen LogP contribution in [0.4, 0.5) is 4.79 Å². The number of alkyl carbamates (subject to hydrolysis) is 1. The number of carbonyl (C=O) groups is 2. The number of nitrogens with zero attached hydrogens (tertiary/aromatic N) is 2. The smallest absolute Gasteiger partial charge is 0.408 e. The zero-order valence-corrected chi connectivity index (χ0v) is 22.8. The van der Waals surface area contributed by atoms with E-state index in [9.17, 15) is 9.59 Å². The van der Waals surface area contributed by atoms with Crippen LogP contribution in [-0.2, 0) is 27.2 Å². The minimum Gasteiger partial charge on any atom is -0.497 e. The number of aromatic nitrogens is 2. The van der Waals surface area contributed by atoms with Gasteiger partial charge in [-0.05, 0) is 68.3 Å². The molecule has 9 heteroatoms. The van der Waals surface area contributed by atoms with E-state index in [0.29, 0.717) is 18.0 Å². The summed E-state index contributed by atoms with van der Waals surface area (Å²) in [5.41, 5.74) is 2.08. The van der Waals surface area contributed by atoms with Gasteiger partial charge < -0.3 is 28.8 Å². The predicted octanol–water partition coefficient (Wildman–Crippen LogP) is 5.49. The van der Waals surface area contributed by atoms with Crippen molar-refractivity contribution in [2.24, 2.45) is 0 Å². The second-order valence-corrected chi connectivity index (χ2v) is 10.0. The number of fused-ring (bicyclic) bond motifs is 1. The van der Waals surface area contributed by atoms with Gasteiger partial charge in [-0.3, -0.25) is 0 Å². The van der Waals surface area contributed by atoms with Crippen molar-refractivity contribution in [2.45, 2.75) is 45.4 Å². The molecule has 0 saturated heterocycles. The Labute approximate surface area is 227 Å². The summed E-state index contributed by atoms with van der Waals surface area (Å²) in [5, 5.41) is 3.48. The summed E-state index contributed by atoms with van der Waals surface area (Å²) < 4.78 is 23.6. The molecule has 0 fully saturated rings. The summed E-state index contributed by atoms with van der Waals surface area (Å²) in [4.78, 5) is 29.0. The maximum atomic E-state index is 12.3. The summed E-state index contributed by atoms with van der Waals surface area (Å²) in [6.45, 7) is 5.93. The molecule has 2 heterocycles. The summed E-state index contributed by atoms with van der Waals surface area (Å²) >= 11 is 0. The molecule has 9 nitrogen and oxygen atoms in total. The van der Waals surface area contributed by atoms with E-state index >= 15 is 0 Å². The second kappa shape index (κ2) is 11.9. The van der Waals surface area contributed by atoms with Crippen molar-refractivity contribution in [3.8, 4) is 17.2 Å². The van der Waals surface area contributed by atoms with Crippen LogP contribution in [0.15, 0.2) is 73.1 Å². The topological polar surface area (TPSA) is 101 Å². The van der Waals surface area contributed by atoms with Crippen molar-refractivity contribution in [3.05, 3.63) is 84.2 Å². The van der Waals surface area contributed by atoms with E-state index in [1.165, 1.54) is 7.11 Å². The predicted molar refractivity (Wildman–Crippen MR) is 147 cm³/mol. The van der Waals surface area contributed by atoms with Gasteiger partial charge in [-0.1, -0.05) is 24.3 Å². The van der Waals surface area contributed by atoms with E-state index in [-0.39, 0.29) is 6.42 Å². The van der Waals surface area contributed by atoms with Crippen LogP contribution in [0.1, 0.15) is 31.9 Å². The van der Waals surface area contributed by atoms with E-state index in [0.717, 1.165) is 27.9 Å². The summed E-state index contributed by atoms with van der Waals surface area (Å²) in [7, 11) is 2.93. The number of ether oxygens (including phenoxy) is 4. The van der Waals surface area contributed by atoms with Gasteiger partial charge in [0.2, 0.25) is 0 Å².